The van der Waals surface area contributed by atoms with Crippen LogP contribution in [0.3, 0.4) is 0 Å². The summed E-state index contributed by atoms with van der Waals surface area (Å²) < 4.78 is 43.1. The van der Waals surface area contributed by atoms with Gasteiger partial charge >= 0.3 is 11.9 Å². The Morgan fingerprint density at radius 1 is 1.29 bits per heavy atom. The Labute approximate surface area is 118 Å². The lowest BCUT2D eigenvalue weighted by molar-refractivity contribution is -0.386. The second-order valence-corrected chi connectivity index (χ2v) is 4.95. The summed E-state index contributed by atoms with van der Waals surface area (Å²) in [5.41, 5.74) is -1.85. The minimum absolute atomic E-state index is 0.251. The van der Waals surface area contributed by atoms with Gasteiger partial charge < -0.3 is 9.84 Å². The third-order valence-electron chi connectivity index (χ3n) is 3.43. The molecule has 1 aliphatic carbocycles. The molecular formula is C13H14F3NO4. The fourth-order valence-corrected chi connectivity index (χ4v) is 2.31. The Morgan fingerprint density at radius 2 is 1.95 bits per heavy atom. The van der Waals surface area contributed by atoms with E-state index in [9.17, 15) is 28.4 Å². The Hall–Kier alpha value is -1.83. The largest absolute Gasteiger partial charge is 0.481 e. The fraction of sp³-hybridized carbons (Fsp3) is 0.538. The minimum atomic E-state index is -4.66. The third-order valence-corrected chi connectivity index (χ3v) is 3.43. The zero-order chi connectivity index (χ0) is 15.6. The van der Waals surface area contributed by atoms with Crippen molar-refractivity contribution in [1.29, 1.82) is 0 Å². The molecule has 1 saturated carbocycles. The normalized spacial score (nSPS) is 22.9. The first-order valence-electron chi connectivity index (χ1n) is 6.49. The lowest BCUT2D eigenvalue weighted by atomic mass is 9.95. The highest BCUT2D eigenvalue weighted by atomic mass is 19.4. The van der Waals surface area contributed by atoms with Crippen LogP contribution >= 0.6 is 0 Å². The zero-order valence-electron chi connectivity index (χ0n) is 11.0. The van der Waals surface area contributed by atoms with E-state index in [1.165, 1.54) is 0 Å². The highest BCUT2D eigenvalue weighted by Gasteiger charge is 2.34. The standard InChI is InChI=1S/C13H14F3NO4/c14-13(15,16)8-5-6-11(9(7-8)17(19)20)21-12-4-2-1-3-10(12)18/h5-7,10,12,18H,1-4H2/t10-,12-/m0/s1. The summed E-state index contributed by atoms with van der Waals surface area (Å²) in [6, 6.07) is 2.12. The molecule has 0 unspecified atom stereocenters. The van der Waals surface area contributed by atoms with Crippen molar-refractivity contribution in [2.24, 2.45) is 0 Å². The van der Waals surface area contributed by atoms with Gasteiger partial charge in [0.05, 0.1) is 16.6 Å². The number of halogens is 3. The monoisotopic (exact) mass is 305 g/mol. The molecule has 0 heterocycles. The average Bonchev–Trinajstić information content (AvgIpc) is 2.40. The van der Waals surface area contributed by atoms with Crippen LogP contribution in [-0.2, 0) is 6.18 Å². The molecule has 5 nitrogen and oxygen atoms in total. The molecule has 0 radical (unpaired) electrons. The van der Waals surface area contributed by atoms with E-state index in [4.69, 9.17) is 4.74 Å². The van der Waals surface area contributed by atoms with E-state index in [1.54, 1.807) is 0 Å². The lowest BCUT2D eigenvalue weighted by Gasteiger charge is -2.28. The molecule has 0 saturated heterocycles. The SMILES string of the molecule is O=[N+]([O-])c1cc(C(F)(F)F)ccc1O[C@H]1CCCC[C@@H]1O. The summed E-state index contributed by atoms with van der Waals surface area (Å²) in [5.74, 6) is -0.251. The quantitative estimate of drug-likeness (QED) is 0.687. The van der Waals surface area contributed by atoms with E-state index in [1.807, 2.05) is 0 Å². The molecule has 0 aromatic heterocycles. The molecule has 21 heavy (non-hydrogen) atoms. The van der Waals surface area contributed by atoms with Crippen molar-refractivity contribution < 1.29 is 27.9 Å². The van der Waals surface area contributed by atoms with E-state index < -0.39 is 34.6 Å². The van der Waals surface area contributed by atoms with Crippen LogP contribution in [0.5, 0.6) is 5.75 Å². The van der Waals surface area contributed by atoms with Crippen LogP contribution in [0.1, 0.15) is 31.2 Å². The van der Waals surface area contributed by atoms with E-state index in [0.717, 1.165) is 25.0 Å². The summed E-state index contributed by atoms with van der Waals surface area (Å²) in [4.78, 5) is 10.0. The number of nitro groups is 1. The van der Waals surface area contributed by atoms with Gasteiger partial charge in [-0.2, -0.15) is 13.2 Å². The number of aliphatic hydroxyl groups is 1. The smallest absolute Gasteiger partial charge is 0.416 e. The molecule has 1 aromatic carbocycles. The predicted molar refractivity (Wildman–Crippen MR) is 67.0 cm³/mol. The van der Waals surface area contributed by atoms with Gasteiger partial charge in [0.2, 0.25) is 0 Å². The van der Waals surface area contributed by atoms with Crippen molar-refractivity contribution in [2.75, 3.05) is 0 Å². The van der Waals surface area contributed by atoms with Gasteiger partial charge in [-0.25, -0.2) is 0 Å². The predicted octanol–water partition coefficient (Wildman–Crippen LogP) is 3.30. The number of nitro benzene ring substituents is 1. The summed E-state index contributed by atoms with van der Waals surface area (Å²) in [5, 5.41) is 20.7. The highest BCUT2D eigenvalue weighted by Crippen LogP contribution is 2.37. The van der Waals surface area contributed by atoms with Gasteiger partial charge in [0.25, 0.3) is 0 Å². The third kappa shape index (κ3) is 3.63. The van der Waals surface area contributed by atoms with Crippen LogP contribution in [0.4, 0.5) is 18.9 Å². The molecule has 1 aliphatic rings. The maximum atomic E-state index is 12.6. The summed E-state index contributed by atoms with van der Waals surface area (Å²) in [6.45, 7) is 0. The lowest BCUT2D eigenvalue weighted by Crippen LogP contribution is -2.34. The van der Waals surface area contributed by atoms with Crippen molar-refractivity contribution in [3.05, 3.63) is 33.9 Å². The molecule has 0 amide bonds. The average molecular weight is 305 g/mol. The number of aliphatic hydroxyl groups excluding tert-OH is 1. The molecule has 0 bridgehead atoms. The van der Waals surface area contributed by atoms with E-state index >= 15 is 0 Å². The van der Waals surface area contributed by atoms with Gasteiger partial charge in [-0.05, 0) is 31.4 Å². The molecule has 2 atom stereocenters. The van der Waals surface area contributed by atoms with Gasteiger partial charge in [0, 0.05) is 6.07 Å². The summed E-state index contributed by atoms with van der Waals surface area (Å²) >= 11 is 0. The van der Waals surface area contributed by atoms with E-state index in [2.05, 4.69) is 0 Å². The Balaban J connectivity index is 2.28. The van der Waals surface area contributed by atoms with Crippen molar-refractivity contribution in [3.8, 4) is 5.75 Å². The van der Waals surface area contributed by atoms with Crippen LogP contribution in [0, 0.1) is 10.1 Å². The van der Waals surface area contributed by atoms with Gasteiger partial charge in [-0.3, -0.25) is 10.1 Å². The highest BCUT2D eigenvalue weighted by molar-refractivity contribution is 5.49. The van der Waals surface area contributed by atoms with Gasteiger partial charge in [0.15, 0.2) is 5.75 Å². The second kappa shape index (κ2) is 5.88. The molecular weight excluding hydrogens is 291 g/mol. The van der Waals surface area contributed by atoms with Crippen molar-refractivity contribution in [2.45, 2.75) is 44.1 Å². The van der Waals surface area contributed by atoms with Crippen molar-refractivity contribution in [1.82, 2.24) is 0 Å². The first-order chi connectivity index (χ1) is 9.79. The summed E-state index contributed by atoms with van der Waals surface area (Å²) in [7, 11) is 0. The van der Waals surface area contributed by atoms with Crippen molar-refractivity contribution in [3.63, 3.8) is 0 Å². The van der Waals surface area contributed by atoms with E-state index in [-0.39, 0.29) is 5.75 Å². The molecule has 116 valence electrons. The molecule has 1 fully saturated rings. The number of benzene rings is 1. The molecule has 2 rings (SSSR count). The van der Waals surface area contributed by atoms with Crippen LogP contribution in [0.25, 0.3) is 0 Å². The first-order valence-corrected chi connectivity index (χ1v) is 6.49. The topological polar surface area (TPSA) is 72.6 Å². The van der Waals surface area contributed by atoms with Gasteiger partial charge in [-0.1, -0.05) is 6.42 Å². The number of alkyl halides is 3. The minimum Gasteiger partial charge on any atom is -0.481 e. The van der Waals surface area contributed by atoms with Gasteiger partial charge in [-0.15, -0.1) is 0 Å². The fourth-order valence-electron chi connectivity index (χ4n) is 2.31. The zero-order valence-corrected chi connectivity index (χ0v) is 11.0. The second-order valence-electron chi connectivity index (χ2n) is 4.95. The number of ether oxygens (including phenoxy) is 1. The molecule has 0 aliphatic heterocycles. The molecule has 0 spiro atoms. The van der Waals surface area contributed by atoms with Crippen LogP contribution < -0.4 is 4.74 Å². The van der Waals surface area contributed by atoms with Crippen LogP contribution in [0.2, 0.25) is 0 Å². The molecule has 8 heteroatoms. The first kappa shape index (κ1) is 15.6. The van der Waals surface area contributed by atoms with Crippen molar-refractivity contribution >= 4 is 5.69 Å². The number of rotatable bonds is 3. The van der Waals surface area contributed by atoms with Gasteiger partial charge in [0.1, 0.15) is 6.10 Å². The number of hydrogen-bond acceptors (Lipinski definition) is 4. The van der Waals surface area contributed by atoms with Crippen LogP contribution in [0.15, 0.2) is 18.2 Å². The Morgan fingerprint density at radius 3 is 2.52 bits per heavy atom. The molecule has 1 aromatic rings. The Kier molecular flexibility index (Phi) is 4.36. The Bertz CT molecular complexity index is 533. The number of nitrogens with zero attached hydrogens (tertiary/aromatic N) is 1. The summed E-state index contributed by atoms with van der Waals surface area (Å²) in [6.07, 6.45) is -3.40. The molecule has 1 N–H and O–H groups in total. The number of hydrogen-bond donors (Lipinski definition) is 1. The maximum absolute atomic E-state index is 12.6. The maximum Gasteiger partial charge on any atom is 0.416 e. The van der Waals surface area contributed by atoms with E-state index in [0.29, 0.717) is 18.9 Å². The van der Waals surface area contributed by atoms with Crippen LogP contribution in [-0.4, -0.2) is 22.2 Å².